The van der Waals surface area contributed by atoms with Crippen molar-refractivity contribution in [2.75, 3.05) is 26.7 Å². The molecular formula is C19H28F3N3O3. The van der Waals surface area contributed by atoms with Crippen LogP contribution in [0.4, 0.5) is 18.0 Å². The predicted octanol–water partition coefficient (Wildman–Crippen LogP) is 3.16. The molecule has 28 heavy (non-hydrogen) atoms. The highest BCUT2D eigenvalue weighted by atomic mass is 19.4. The van der Waals surface area contributed by atoms with Crippen LogP contribution in [0.25, 0.3) is 0 Å². The fourth-order valence-corrected chi connectivity index (χ4v) is 2.63. The van der Waals surface area contributed by atoms with Crippen LogP contribution in [0.1, 0.15) is 30.5 Å². The Morgan fingerprint density at radius 1 is 1.18 bits per heavy atom. The molecular weight excluding hydrogens is 375 g/mol. The number of carbonyl (C=O) groups excluding carboxylic acids is 2. The number of hydrogen-bond donors (Lipinski definition) is 2. The highest BCUT2D eigenvalue weighted by molar-refractivity contribution is 5.95. The fraction of sp³-hybridized carbons (Fsp3) is 0.579. The summed E-state index contributed by atoms with van der Waals surface area (Å²) in [6.45, 7) is 6.76. The summed E-state index contributed by atoms with van der Waals surface area (Å²) in [4.78, 5) is 25.2. The van der Waals surface area contributed by atoms with Crippen molar-refractivity contribution in [3.8, 4) is 5.75 Å². The second-order valence-electron chi connectivity index (χ2n) is 7.29. The smallest absolute Gasteiger partial charge is 0.422 e. The molecule has 0 heterocycles. The van der Waals surface area contributed by atoms with Crippen molar-refractivity contribution in [3.63, 3.8) is 0 Å². The number of likely N-dealkylation sites (N-methyl/N-ethyl adjacent to an activating group) is 1. The summed E-state index contributed by atoms with van der Waals surface area (Å²) in [6.07, 6.45) is -4.40. The van der Waals surface area contributed by atoms with Crippen molar-refractivity contribution in [2.45, 2.75) is 40.4 Å². The number of carbonyl (C=O) groups is 2. The number of aryl methyl sites for hydroxylation is 2. The molecule has 158 valence electrons. The minimum atomic E-state index is -4.40. The normalized spacial score (nSPS) is 11.6. The number of amides is 3. The van der Waals surface area contributed by atoms with E-state index in [9.17, 15) is 22.8 Å². The Morgan fingerprint density at radius 2 is 1.75 bits per heavy atom. The zero-order chi connectivity index (χ0) is 21.5. The molecule has 0 saturated heterocycles. The molecule has 0 bridgehead atoms. The van der Waals surface area contributed by atoms with Gasteiger partial charge in [-0.25, -0.2) is 4.79 Å². The summed E-state index contributed by atoms with van der Waals surface area (Å²) in [5.74, 6) is 0.0451. The quantitative estimate of drug-likeness (QED) is 0.700. The standard InChI is InChI=1S/C19H28F3N3O3/c1-12(2)8-23-18(27)24-16(26)10-25(5)9-15-6-13(3)17(14(4)7-15)28-11-19(20,21)22/h6-7,12H,8-11H2,1-5H3,(H2,23,24,26,27). The Morgan fingerprint density at radius 3 is 2.25 bits per heavy atom. The summed E-state index contributed by atoms with van der Waals surface area (Å²) < 4.78 is 42.0. The monoisotopic (exact) mass is 403 g/mol. The van der Waals surface area contributed by atoms with E-state index in [1.165, 1.54) is 0 Å². The van der Waals surface area contributed by atoms with Gasteiger partial charge in [-0.1, -0.05) is 26.0 Å². The Kier molecular flexibility index (Phi) is 8.74. The lowest BCUT2D eigenvalue weighted by Crippen LogP contribution is -2.44. The van der Waals surface area contributed by atoms with Crippen LogP contribution in [0.3, 0.4) is 0 Å². The molecule has 0 radical (unpaired) electrons. The van der Waals surface area contributed by atoms with Gasteiger partial charge in [0, 0.05) is 13.1 Å². The van der Waals surface area contributed by atoms with Gasteiger partial charge in [0.15, 0.2) is 6.61 Å². The average Bonchev–Trinajstić information content (AvgIpc) is 2.50. The molecule has 6 nitrogen and oxygen atoms in total. The van der Waals surface area contributed by atoms with Gasteiger partial charge in [-0.3, -0.25) is 15.0 Å². The Hall–Kier alpha value is -2.29. The van der Waals surface area contributed by atoms with E-state index in [1.54, 1.807) is 37.9 Å². The van der Waals surface area contributed by atoms with Gasteiger partial charge in [-0.05, 0) is 43.5 Å². The summed E-state index contributed by atoms with van der Waals surface area (Å²) in [5.41, 5.74) is 2.00. The van der Waals surface area contributed by atoms with Gasteiger partial charge in [0.05, 0.1) is 6.54 Å². The zero-order valence-electron chi connectivity index (χ0n) is 16.9. The van der Waals surface area contributed by atoms with Crippen molar-refractivity contribution >= 4 is 11.9 Å². The Labute approximate surface area is 163 Å². The van der Waals surface area contributed by atoms with Gasteiger partial charge in [-0.15, -0.1) is 0 Å². The molecule has 3 amide bonds. The van der Waals surface area contributed by atoms with Crippen LogP contribution in [0, 0.1) is 19.8 Å². The topological polar surface area (TPSA) is 70.7 Å². The highest BCUT2D eigenvalue weighted by Gasteiger charge is 2.29. The van der Waals surface area contributed by atoms with Crippen LogP contribution in [0.5, 0.6) is 5.75 Å². The lowest BCUT2D eigenvalue weighted by Gasteiger charge is -2.19. The summed E-state index contributed by atoms with van der Waals surface area (Å²) >= 11 is 0. The van der Waals surface area contributed by atoms with E-state index < -0.39 is 24.7 Å². The average molecular weight is 403 g/mol. The number of benzene rings is 1. The third kappa shape index (κ3) is 9.07. The first-order chi connectivity index (χ1) is 12.9. The first kappa shape index (κ1) is 23.7. The van der Waals surface area contributed by atoms with Crippen molar-refractivity contribution in [1.29, 1.82) is 0 Å². The van der Waals surface area contributed by atoms with E-state index in [0.717, 1.165) is 5.56 Å². The number of halogens is 3. The lowest BCUT2D eigenvalue weighted by molar-refractivity contribution is -0.153. The van der Waals surface area contributed by atoms with Gasteiger partial charge in [0.25, 0.3) is 0 Å². The summed E-state index contributed by atoms with van der Waals surface area (Å²) in [5, 5.41) is 4.85. The number of urea groups is 1. The van der Waals surface area contributed by atoms with E-state index >= 15 is 0 Å². The lowest BCUT2D eigenvalue weighted by atomic mass is 10.1. The number of nitrogens with zero attached hydrogens (tertiary/aromatic N) is 1. The molecule has 0 aliphatic carbocycles. The van der Waals surface area contributed by atoms with Crippen molar-refractivity contribution in [1.82, 2.24) is 15.5 Å². The van der Waals surface area contributed by atoms with Crippen LogP contribution in [0.2, 0.25) is 0 Å². The van der Waals surface area contributed by atoms with E-state index in [0.29, 0.717) is 24.2 Å². The molecule has 0 saturated carbocycles. The summed E-state index contributed by atoms with van der Waals surface area (Å²) in [7, 11) is 1.71. The molecule has 0 unspecified atom stereocenters. The second kappa shape index (κ2) is 10.3. The maximum Gasteiger partial charge on any atom is 0.422 e. The van der Waals surface area contributed by atoms with E-state index in [1.807, 2.05) is 13.8 Å². The van der Waals surface area contributed by atoms with Gasteiger partial charge in [-0.2, -0.15) is 13.2 Å². The first-order valence-electron chi connectivity index (χ1n) is 8.93. The molecule has 0 fully saturated rings. The number of hydrogen-bond acceptors (Lipinski definition) is 4. The molecule has 0 aliphatic heterocycles. The first-order valence-corrected chi connectivity index (χ1v) is 8.93. The zero-order valence-corrected chi connectivity index (χ0v) is 16.9. The molecule has 0 spiro atoms. The van der Waals surface area contributed by atoms with E-state index in [2.05, 4.69) is 10.6 Å². The van der Waals surface area contributed by atoms with E-state index in [4.69, 9.17) is 4.74 Å². The maximum absolute atomic E-state index is 12.4. The third-order valence-corrected chi connectivity index (χ3v) is 3.69. The Balaban J connectivity index is 2.60. The van der Waals surface area contributed by atoms with Gasteiger partial charge in [0.1, 0.15) is 5.75 Å². The maximum atomic E-state index is 12.4. The van der Waals surface area contributed by atoms with Crippen LogP contribution in [-0.2, 0) is 11.3 Å². The number of nitrogens with one attached hydrogen (secondary N) is 2. The third-order valence-electron chi connectivity index (χ3n) is 3.69. The SMILES string of the molecule is Cc1cc(CN(C)CC(=O)NC(=O)NCC(C)C)cc(C)c1OCC(F)(F)F. The molecule has 0 atom stereocenters. The number of alkyl halides is 3. The van der Waals surface area contributed by atoms with Crippen molar-refractivity contribution in [3.05, 3.63) is 28.8 Å². The predicted molar refractivity (Wildman–Crippen MR) is 100 cm³/mol. The number of rotatable bonds is 8. The van der Waals surface area contributed by atoms with Crippen LogP contribution >= 0.6 is 0 Å². The van der Waals surface area contributed by atoms with Gasteiger partial charge < -0.3 is 10.1 Å². The Bertz CT molecular complexity index is 668. The number of ether oxygens (including phenoxy) is 1. The largest absolute Gasteiger partial charge is 0.484 e. The van der Waals surface area contributed by atoms with E-state index in [-0.39, 0.29) is 18.2 Å². The van der Waals surface area contributed by atoms with Gasteiger partial charge >= 0.3 is 12.2 Å². The fourth-order valence-electron chi connectivity index (χ4n) is 2.63. The number of imide groups is 1. The van der Waals surface area contributed by atoms with Crippen molar-refractivity contribution < 1.29 is 27.5 Å². The molecule has 0 aliphatic rings. The van der Waals surface area contributed by atoms with Gasteiger partial charge in [0.2, 0.25) is 5.91 Å². The molecule has 9 heteroatoms. The minimum absolute atomic E-state index is 0.000477. The molecule has 1 aromatic carbocycles. The molecule has 0 aromatic heterocycles. The molecule has 1 aromatic rings. The van der Waals surface area contributed by atoms with Crippen LogP contribution < -0.4 is 15.4 Å². The highest BCUT2D eigenvalue weighted by Crippen LogP contribution is 2.27. The summed E-state index contributed by atoms with van der Waals surface area (Å²) in [6, 6.07) is 2.91. The van der Waals surface area contributed by atoms with Crippen LogP contribution in [0.15, 0.2) is 12.1 Å². The second-order valence-corrected chi connectivity index (χ2v) is 7.29. The minimum Gasteiger partial charge on any atom is -0.484 e. The van der Waals surface area contributed by atoms with Crippen molar-refractivity contribution in [2.24, 2.45) is 5.92 Å². The molecule has 2 N–H and O–H groups in total. The molecule has 1 rings (SSSR count). The van der Waals surface area contributed by atoms with Crippen LogP contribution in [-0.4, -0.2) is 49.8 Å².